The van der Waals surface area contributed by atoms with Gasteiger partial charge in [0.2, 0.25) is 5.91 Å². The number of carbonyl (C=O) groups excluding carboxylic acids is 1. The van der Waals surface area contributed by atoms with Crippen LogP contribution in [0.2, 0.25) is 0 Å². The topological polar surface area (TPSA) is 75.6 Å². The number of carboxylic acid groups (broad SMARTS) is 1. The SMILES string of the molecule is O=C(NCC1(c2ccc(Br)cc2)CCOCC1)[C@H]1C[C@H]1C(=O)O. The van der Waals surface area contributed by atoms with Crippen molar-refractivity contribution in [3.63, 3.8) is 0 Å². The molecule has 2 fully saturated rings. The number of aliphatic carboxylic acids is 1. The number of ether oxygens (including phenoxy) is 1. The van der Waals surface area contributed by atoms with E-state index in [0.717, 1.165) is 17.3 Å². The lowest BCUT2D eigenvalue weighted by molar-refractivity contribution is -0.140. The molecule has 0 unspecified atom stereocenters. The molecule has 1 heterocycles. The number of nitrogens with one attached hydrogen (secondary N) is 1. The third kappa shape index (κ3) is 3.58. The first-order valence-electron chi connectivity index (χ1n) is 7.86. The third-order valence-electron chi connectivity index (χ3n) is 4.95. The third-order valence-corrected chi connectivity index (χ3v) is 5.48. The Kier molecular flexibility index (Phi) is 4.73. The minimum atomic E-state index is -0.876. The van der Waals surface area contributed by atoms with E-state index in [1.54, 1.807) is 0 Å². The highest BCUT2D eigenvalue weighted by Gasteiger charge is 2.48. The van der Waals surface area contributed by atoms with Crippen molar-refractivity contribution in [2.45, 2.75) is 24.7 Å². The first kappa shape index (κ1) is 16.5. The number of halogens is 1. The molecule has 6 heteroatoms. The molecule has 0 spiro atoms. The van der Waals surface area contributed by atoms with Crippen LogP contribution in [-0.2, 0) is 19.7 Å². The van der Waals surface area contributed by atoms with Crippen LogP contribution in [0.5, 0.6) is 0 Å². The Labute approximate surface area is 143 Å². The van der Waals surface area contributed by atoms with E-state index in [-0.39, 0.29) is 17.2 Å². The molecule has 1 saturated carbocycles. The smallest absolute Gasteiger partial charge is 0.307 e. The Bertz CT molecular complexity index is 595. The molecule has 0 bridgehead atoms. The summed E-state index contributed by atoms with van der Waals surface area (Å²) in [5.41, 5.74) is 1.05. The average molecular weight is 382 g/mol. The molecule has 1 aromatic rings. The van der Waals surface area contributed by atoms with Gasteiger partial charge in [-0.15, -0.1) is 0 Å². The second-order valence-corrected chi connectivity index (χ2v) is 7.32. The van der Waals surface area contributed by atoms with E-state index in [1.807, 2.05) is 12.1 Å². The maximum atomic E-state index is 12.2. The minimum absolute atomic E-state index is 0.137. The van der Waals surface area contributed by atoms with E-state index in [9.17, 15) is 9.59 Å². The summed E-state index contributed by atoms with van der Waals surface area (Å²) in [6, 6.07) is 8.18. The average Bonchev–Trinajstić information content (AvgIpc) is 3.35. The first-order chi connectivity index (χ1) is 11.0. The summed E-state index contributed by atoms with van der Waals surface area (Å²) in [5.74, 6) is -1.89. The molecule has 5 nitrogen and oxygen atoms in total. The molecule has 0 aromatic heterocycles. The summed E-state index contributed by atoms with van der Waals surface area (Å²) in [7, 11) is 0. The van der Waals surface area contributed by atoms with Gasteiger partial charge in [-0.1, -0.05) is 28.1 Å². The second kappa shape index (κ2) is 6.61. The summed E-state index contributed by atoms with van der Waals surface area (Å²) in [4.78, 5) is 23.1. The fourth-order valence-electron chi connectivity index (χ4n) is 3.28. The van der Waals surface area contributed by atoms with E-state index in [1.165, 1.54) is 5.56 Å². The molecular weight excluding hydrogens is 362 g/mol. The predicted octanol–water partition coefficient (Wildman–Crippen LogP) is 2.33. The Balaban J connectivity index is 1.69. The molecule has 1 aliphatic carbocycles. The molecule has 2 aliphatic rings. The highest BCUT2D eigenvalue weighted by molar-refractivity contribution is 9.10. The molecule has 23 heavy (non-hydrogen) atoms. The van der Waals surface area contributed by atoms with Crippen molar-refractivity contribution < 1.29 is 19.4 Å². The standard InChI is InChI=1S/C17H20BrNO4/c18-12-3-1-11(2-4-12)17(5-7-23-8-6-17)10-19-15(20)13-9-14(13)16(21)22/h1-4,13-14H,5-10H2,(H,19,20)(H,21,22)/t13-,14+/m0/s1. The van der Waals surface area contributed by atoms with Crippen molar-refractivity contribution in [1.82, 2.24) is 5.32 Å². The maximum absolute atomic E-state index is 12.2. The zero-order chi connectivity index (χ0) is 16.4. The van der Waals surface area contributed by atoms with Gasteiger partial charge in [-0.3, -0.25) is 9.59 Å². The molecule has 1 saturated heterocycles. The van der Waals surface area contributed by atoms with E-state index in [2.05, 4.69) is 33.4 Å². The van der Waals surface area contributed by atoms with Gasteiger partial charge < -0.3 is 15.2 Å². The molecule has 1 aromatic carbocycles. The molecule has 0 radical (unpaired) electrons. The van der Waals surface area contributed by atoms with Crippen LogP contribution in [-0.4, -0.2) is 36.7 Å². The minimum Gasteiger partial charge on any atom is -0.481 e. The lowest BCUT2D eigenvalue weighted by Crippen LogP contribution is -2.45. The van der Waals surface area contributed by atoms with Gasteiger partial charge >= 0.3 is 5.97 Å². The molecule has 1 aliphatic heterocycles. The summed E-state index contributed by atoms with van der Waals surface area (Å²) in [6.07, 6.45) is 2.15. The van der Waals surface area contributed by atoms with Crippen LogP contribution in [0.4, 0.5) is 0 Å². The molecule has 2 N–H and O–H groups in total. The summed E-state index contributed by atoms with van der Waals surface area (Å²) < 4.78 is 6.51. The lowest BCUT2D eigenvalue weighted by Gasteiger charge is -2.38. The van der Waals surface area contributed by atoms with Gasteiger partial charge in [0, 0.05) is 29.6 Å². The van der Waals surface area contributed by atoms with Gasteiger partial charge in [-0.25, -0.2) is 0 Å². The maximum Gasteiger partial charge on any atom is 0.307 e. The summed E-state index contributed by atoms with van der Waals surface area (Å²) in [6.45, 7) is 1.87. The van der Waals surface area contributed by atoms with Crippen LogP contribution in [0, 0.1) is 11.8 Å². The zero-order valence-corrected chi connectivity index (χ0v) is 14.3. The van der Waals surface area contributed by atoms with Crippen molar-refractivity contribution >= 4 is 27.8 Å². The fraction of sp³-hybridized carbons (Fsp3) is 0.529. The van der Waals surface area contributed by atoms with Crippen LogP contribution in [0.25, 0.3) is 0 Å². The van der Waals surface area contributed by atoms with E-state index in [4.69, 9.17) is 9.84 Å². The van der Waals surface area contributed by atoms with Crippen LogP contribution < -0.4 is 5.32 Å². The van der Waals surface area contributed by atoms with Crippen LogP contribution >= 0.6 is 15.9 Å². The number of carboxylic acids is 1. The first-order valence-corrected chi connectivity index (χ1v) is 8.65. The van der Waals surface area contributed by atoms with Crippen molar-refractivity contribution in [3.05, 3.63) is 34.3 Å². The van der Waals surface area contributed by atoms with Crippen molar-refractivity contribution in [2.75, 3.05) is 19.8 Å². The van der Waals surface area contributed by atoms with Gasteiger partial charge in [0.25, 0.3) is 0 Å². The fourth-order valence-corrected chi connectivity index (χ4v) is 3.54. The van der Waals surface area contributed by atoms with Gasteiger partial charge in [-0.2, -0.15) is 0 Å². The van der Waals surface area contributed by atoms with Crippen LogP contribution in [0.3, 0.4) is 0 Å². The summed E-state index contributed by atoms with van der Waals surface area (Å²) in [5, 5.41) is 11.9. The van der Waals surface area contributed by atoms with Crippen molar-refractivity contribution in [1.29, 1.82) is 0 Å². The quantitative estimate of drug-likeness (QED) is 0.820. The number of hydrogen-bond donors (Lipinski definition) is 2. The predicted molar refractivity (Wildman–Crippen MR) is 88.1 cm³/mol. The van der Waals surface area contributed by atoms with E-state index < -0.39 is 11.9 Å². The molecule has 2 atom stereocenters. The largest absolute Gasteiger partial charge is 0.481 e. The van der Waals surface area contributed by atoms with Crippen molar-refractivity contribution in [3.8, 4) is 0 Å². The summed E-state index contributed by atoms with van der Waals surface area (Å²) >= 11 is 3.45. The number of carbonyl (C=O) groups is 2. The highest BCUT2D eigenvalue weighted by Crippen LogP contribution is 2.39. The monoisotopic (exact) mass is 381 g/mol. The number of benzene rings is 1. The Morgan fingerprint density at radius 1 is 1.22 bits per heavy atom. The number of amides is 1. The van der Waals surface area contributed by atoms with Gasteiger partial charge in [0.1, 0.15) is 0 Å². The number of rotatable bonds is 5. The Morgan fingerprint density at radius 2 is 1.87 bits per heavy atom. The molecular formula is C17H20BrNO4. The van der Waals surface area contributed by atoms with E-state index in [0.29, 0.717) is 26.2 Å². The Hall–Kier alpha value is -1.40. The van der Waals surface area contributed by atoms with Crippen molar-refractivity contribution in [2.24, 2.45) is 11.8 Å². The molecule has 3 rings (SSSR count). The molecule has 1 amide bonds. The Morgan fingerprint density at radius 3 is 2.43 bits per heavy atom. The van der Waals surface area contributed by atoms with Crippen LogP contribution in [0.15, 0.2) is 28.7 Å². The lowest BCUT2D eigenvalue weighted by atomic mass is 9.74. The van der Waals surface area contributed by atoms with Gasteiger partial charge in [0.05, 0.1) is 11.8 Å². The van der Waals surface area contributed by atoms with Crippen LogP contribution in [0.1, 0.15) is 24.8 Å². The highest BCUT2D eigenvalue weighted by atomic mass is 79.9. The number of hydrogen-bond acceptors (Lipinski definition) is 3. The normalized spacial score (nSPS) is 25.6. The molecule has 124 valence electrons. The van der Waals surface area contributed by atoms with Gasteiger partial charge in [-0.05, 0) is 37.0 Å². The van der Waals surface area contributed by atoms with Gasteiger partial charge in [0.15, 0.2) is 0 Å². The van der Waals surface area contributed by atoms with E-state index >= 15 is 0 Å². The second-order valence-electron chi connectivity index (χ2n) is 6.40. The zero-order valence-electron chi connectivity index (χ0n) is 12.8.